The summed E-state index contributed by atoms with van der Waals surface area (Å²) in [6.07, 6.45) is -0.00525. The predicted octanol–water partition coefficient (Wildman–Crippen LogP) is 2.62. The second-order valence-corrected chi connectivity index (χ2v) is 6.90. The van der Waals surface area contributed by atoms with Gasteiger partial charge in [-0.2, -0.15) is 10.5 Å². The molecule has 6 heteroatoms. The summed E-state index contributed by atoms with van der Waals surface area (Å²) in [5, 5.41) is 24.0. The third-order valence-electron chi connectivity index (χ3n) is 4.92. The Bertz CT molecular complexity index is 893. The molecule has 0 amide bonds. The summed E-state index contributed by atoms with van der Waals surface area (Å²) in [7, 11) is 1.68. The van der Waals surface area contributed by atoms with Gasteiger partial charge in [-0.05, 0) is 16.7 Å². The minimum Gasteiger partial charge on any atom is -0.374 e. The minimum absolute atomic E-state index is 0.00525. The quantitative estimate of drug-likeness (QED) is 0.711. The number of morpholine rings is 1. The highest BCUT2D eigenvalue weighted by Gasteiger charge is 2.21. The van der Waals surface area contributed by atoms with Crippen molar-refractivity contribution < 1.29 is 4.74 Å². The maximum atomic E-state index is 9.01. The third-order valence-corrected chi connectivity index (χ3v) is 4.92. The van der Waals surface area contributed by atoms with Crippen molar-refractivity contribution in [3.63, 3.8) is 0 Å². The molecule has 1 aliphatic heterocycles. The third kappa shape index (κ3) is 5.58. The Kier molecular flexibility index (Phi) is 7.24. The molecule has 1 atom stereocenters. The van der Waals surface area contributed by atoms with Crippen LogP contribution in [0.15, 0.2) is 66.0 Å². The largest absolute Gasteiger partial charge is 0.374 e. The van der Waals surface area contributed by atoms with Crippen LogP contribution in [0.1, 0.15) is 5.56 Å². The lowest BCUT2D eigenvalue weighted by molar-refractivity contribution is -0.0290. The molecule has 1 fully saturated rings. The molecule has 148 valence electrons. The fourth-order valence-electron chi connectivity index (χ4n) is 3.39. The van der Waals surface area contributed by atoms with E-state index in [0.29, 0.717) is 19.0 Å². The maximum Gasteiger partial charge on any atom is 0.169 e. The molecule has 6 nitrogen and oxygen atoms in total. The molecule has 1 aliphatic rings. The van der Waals surface area contributed by atoms with E-state index in [4.69, 9.17) is 15.3 Å². The molecule has 0 aliphatic carbocycles. The first-order valence-corrected chi connectivity index (χ1v) is 9.68. The van der Waals surface area contributed by atoms with Gasteiger partial charge in [0.1, 0.15) is 18.0 Å². The minimum atomic E-state index is -0.00525. The van der Waals surface area contributed by atoms with E-state index >= 15 is 0 Å². The highest BCUT2D eigenvalue weighted by Crippen LogP contribution is 2.20. The van der Waals surface area contributed by atoms with Gasteiger partial charge < -0.3 is 15.4 Å². The molecule has 1 saturated heterocycles. The summed E-state index contributed by atoms with van der Waals surface area (Å²) >= 11 is 0. The van der Waals surface area contributed by atoms with Gasteiger partial charge in [-0.25, -0.2) is 0 Å². The van der Waals surface area contributed by atoms with Crippen LogP contribution in [0.3, 0.4) is 0 Å². The molecule has 0 aromatic heterocycles. The van der Waals surface area contributed by atoms with Crippen molar-refractivity contribution in [2.24, 2.45) is 0 Å². The van der Waals surface area contributed by atoms with Crippen LogP contribution in [0.2, 0.25) is 0 Å². The second kappa shape index (κ2) is 10.3. The van der Waals surface area contributed by atoms with Gasteiger partial charge in [-0.15, -0.1) is 0 Å². The van der Waals surface area contributed by atoms with E-state index in [-0.39, 0.29) is 11.7 Å². The SMILES string of the molecule is CNC(NCC1CN(Cc2ccc(-c3ccccc3)cc2)CCO1)=C(C#N)C#N. The van der Waals surface area contributed by atoms with Gasteiger partial charge in [-0.1, -0.05) is 54.6 Å². The number of benzene rings is 2. The average Bonchev–Trinajstić information content (AvgIpc) is 2.78. The normalized spacial score (nSPS) is 16.3. The van der Waals surface area contributed by atoms with Gasteiger partial charge in [0.2, 0.25) is 0 Å². The monoisotopic (exact) mass is 387 g/mol. The highest BCUT2D eigenvalue weighted by molar-refractivity contribution is 5.63. The van der Waals surface area contributed by atoms with Crippen molar-refractivity contribution in [3.8, 4) is 23.3 Å². The van der Waals surface area contributed by atoms with Gasteiger partial charge in [0.15, 0.2) is 5.57 Å². The number of hydrogen-bond acceptors (Lipinski definition) is 6. The Morgan fingerprint density at radius 3 is 2.41 bits per heavy atom. The van der Waals surface area contributed by atoms with E-state index in [1.165, 1.54) is 16.7 Å². The Morgan fingerprint density at radius 2 is 1.76 bits per heavy atom. The van der Waals surface area contributed by atoms with Crippen LogP contribution in [-0.2, 0) is 11.3 Å². The molecule has 1 heterocycles. The van der Waals surface area contributed by atoms with Crippen LogP contribution >= 0.6 is 0 Å². The molecule has 2 aromatic rings. The molecular weight excluding hydrogens is 362 g/mol. The average molecular weight is 387 g/mol. The van der Waals surface area contributed by atoms with Crippen LogP contribution in [-0.4, -0.2) is 44.3 Å². The lowest BCUT2D eigenvalue weighted by Gasteiger charge is -2.33. The van der Waals surface area contributed by atoms with Crippen molar-refractivity contribution in [2.45, 2.75) is 12.6 Å². The highest BCUT2D eigenvalue weighted by atomic mass is 16.5. The predicted molar refractivity (Wildman–Crippen MR) is 112 cm³/mol. The van der Waals surface area contributed by atoms with E-state index < -0.39 is 0 Å². The van der Waals surface area contributed by atoms with Crippen molar-refractivity contribution in [1.29, 1.82) is 10.5 Å². The van der Waals surface area contributed by atoms with Gasteiger partial charge in [-0.3, -0.25) is 4.90 Å². The number of hydrogen-bond donors (Lipinski definition) is 2. The first kappa shape index (κ1) is 20.4. The summed E-state index contributed by atoms with van der Waals surface area (Å²) in [4.78, 5) is 2.37. The number of rotatable bonds is 7. The van der Waals surface area contributed by atoms with Crippen LogP contribution in [0.4, 0.5) is 0 Å². The molecule has 0 saturated carbocycles. The number of allylic oxidation sites excluding steroid dienone is 1. The van der Waals surface area contributed by atoms with E-state index in [9.17, 15) is 0 Å². The van der Waals surface area contributed by atoms with Crippen LogP contribution in [0.25, 0.3) is 11.1 Å². The topological polar surface area (TPSA) is 84.1 Å². The summed E-state index contributed by atoms with van der Waals surface area (Å²) < 4.78 is 5.84. The summed E-state index contributed by atoms with van der Waals surface area (Å²) in [5.41, 5.74) is 3.75. The molecule has 0 radical (unpaired) electrons. The molecule has 1 unspecified atom stereocenters. The van der Waals surface area contributed by atoms with Gasteiger partial charge in [0, 0.05) is 33.2 Å². The van der Waals surface area contributed by atoms with Crippen LogP contribution in [0, 0.1) is 22.7 Å². The van der Waals surface area contributed by atoms with Crippen molar-refractivity contribution in [1.82, 2.24) is 15.5 Å². The van der Waals surface area contributed by atoms with E-state index in [1.54, 1.807) is 7.05 Å². The summed E-state index contributed by atoms with van der Waals surface area (Å²) in [5.74, 6) is 0.437. The Hall–Kier alpha value is -3.32. The Morgan fingerprint density at radius 1 is 1.07 bits per heavy atom. The second-order valence-electron chi connectivity index (χ2n) is 6.90. The molecule has 29 heavy (non-hydrogen) atoms. The zero-order chi connectivity index (χ0) is 20.5. The maximum absolute atomic E-state index is 9.01. The lowest BCUT2D eigenvalue weighted by atomic mass is 10.0. The first-order valence-electron chi connectivity index (χ1n) is 9.68. The molecular formula is C23H25N5O. The summed E-state index contributed by atoms with van der Waals surface area (Å²) in [6, 6.07) is 22.8. The van der Waals surface area contributed by atoms with Crippen LogP contribution < -0.4 is 10.6 Å². The van der Waals surface area contributed by atoms with Gasteiger partial charge in [0.25, 0.3) is 0 Å². The standard InChI is InChI=1S/C23H25N5O/c1-26-23(21(13-24)14-25)27-15-22-17-28(11-12-29-22)16-18-7-9-20(10-8-18)19-5-3-2-4-6-19/h2-10,22,26-27H,11-12,15-17H2,1H3. The Balaban J connectivity index is 1.55. The lowest BCUT2D eigenvalue weighted by Crippen LogP contribution is -2.46. The zero-order valence-electron chi connectivity index (χ0n) is 16.6. The first-order chi connectivity index (χ1) is 14.2. The Labute approximate surface area is 172 Å². The fraction of sp³-hybridized carbons (Fsp3) is 0.304. The zero-order valence-corrected chi connectivity index (χ0v) is 16.6. The van der Waals surface area contributed by atoms with E-state index in [0.717, 1.165) is 19.6 Å². The van der Waals surface area contributed by atoms with Crippen molar-refractivity contribution in [3.05, 3.63) is 71.6 Å². The summed E-state index contributed by atoms with van der Waals surface area (Å²) in [6.45, 7) is 3.74. The number of nitrogens with one attached hydrogen (secondary N) is 2. The molecule has 2 N–H and O–H groups in total. The molecule has 2 aromatic carbocycles. The van der Waals surface area contributed by atoms with E-state index in [1.807, 2.05) is 18.2 Å². The smallest absolute Gasteiger partial charge is 0.169 e. The molecule has 3 rings (SSSR count). The number of nitrogens with zero attached hydrogens (tertiary/aromatic N) is 3. The van der Waals surface area contributed by atoms with Crippen LogP contribution in [0.5, 0.6) is 0 Å². The van der Waals surface area contributed by atoms with Crippen molar-refractivity contribution >= 4 is 0 Å². The fourth-order valence-corrected chi connectivity index (χ4v) is 3.39. The van der Waals surface area contributed by atoms with E-state index in [2.05, 4.69) is 64.1 Å². The van der Waals surface area contributed by atoms with Gasteiger partial charge in [0.05, 0.1) is 12.7 Å². The van der Waals surface area contributed by atoms with Crippen molar-refractivity contribution in [2.75, 3.05) is 33.3 Å². The molecule has 0 bridgehead atoms. The number of ether oxygens (including phenoxy) is 1. The molecule has 0 spiro atoms. The van der Waals surface area contributed by atoms with Gasteiger partial charge >= 0.3 is 0 Å². The number of nitriles is 2.